The van der Waals surface area contributed by atoms with Gasteiger partial charge in [-0.25, -0.2) is 0 Å². The van der Waals surface area contributed by atoms with E-state index in [1.807, 2.05) is 12.1 Å². The lowest BCUT2D eigenvalue weighted by molar-refractivity contribution is 0.637. The molecule has 1 aliphatic rings. The SMILES string of the molecule is c1cnnc(-c2n[nH]c3c2CNCC3)c1. The van der Waals surface area contributed by atoms with Crippen molar-refractivity contribution in [2.24, 2.45) is 0 Å². The summed E-state index contributed by atoms with van der Waals surface area (Å²) in [5.74, 6) is 0. The summed E-state index contributed by atoms with van der Waals surface area (Å²) >= 11 is 0. The number of hydrogen-bond donors (Lipinski definition) is 2. The minimum atomic E-state index is 0.832. The first-order valence-corrected chi connectivity index (χ1v) is 5.00. The van der Waals surface area contributed by atoms with Crippen LogP contribution in [0.2, 0.25) is 0 Å². The predicted molar refractivity (Wildman–Crippen MR) is 55.0 cm³/mol. The molecule has 3 heterocycles. The van der Waals surface area contributed by atoms with Crippen molar-refractivity contribution in [3.8, 4) is 11.4 Å². The second-order valence-electron chi connectivity index (χ2n) is 3.56. The van der Waals surface area contributed by atoms with Crippen LogP contribution in [-0.2, 0) is 13.0 Å². The highest BCUT2D eigenvalue weighted by Gasteiger charge is 2.18. The Morgan fingerprint density at radius 1 is 1.33 bits per heavy atom. The van der Waals surface area contributed by atoms with Gasteiger partial charge in [0.2, 0.25) is 0 Å². The minimum absolute atomic E-state index is 0.832. The molecule has 2 aromatic rings. The van der Waals surface area contributed by atoms with Gasteiger partial charge in [0.05, 0.1) is 0 Å². The summed E-state index contributed by atoms with van der Waals surface area (Å²) in [6, 6.07) is 3.80. The van der Waals surface area contributed by atoms with Gasteiger partial charge in [0.1, 0.15) is 11.4 Å². The van der Waals surface area contributed by atoms with Crippen LogP contribution < -0.4 is 5.32 Å². The Bertz CT molecular complexity index is 462. The lowest BCUT2D eigenvalue weighted by Gasteiger charge is -2.12. The molecule has 0 spiro atoms. The molecule has 0 bridgehead atoms. The first kappa shape index (κ1) is 8.55. The average Bonchev–Trinajstić information content (AvgIpc) is 2.74. The average molecular weight is 201 g/mol. The van der Waals surface area contributed by atoms with Gasteiger partial charge in [-0.05, 0) is 12.1 Å². The van der Waals surface area contributed by atoms with Crippen LogP contribution in [0.1, 0.15) is 11.3 Å². The molecular weight excluding hydrogens is 190 g/mol. The van der Waals surface area contributed by atoms with E-state index in [4.69, 9.17) is 0 Å². The van der Waals surface area contributed by atoms with E-state index in [0.717, 1.165) is 30.9 Å². The fraction of sp³-hybridized carbons (Fsp3) is 0.300. The third-order valence-corrected chi connectivity index (χ3v) is 2.62. The number of aromatic nitrogens is 4. The van der Waals surface area contributed by atoms with E-state index in [9.17, 15) is 0 Å². The molecule has 0 saturated carbocycles. The normalized spacial score (nSPS) is 14.9. The summed E-state index contributed by atoms with van der Waals surface area (Å²) in [6.07, 6.45) is 2.67. The zero-order valence-corrected chi connectivity index (χ0v) is 8.20. The van der Waals surface area contributed by atoms with Crippen molar-refractivity contribution in [3.63, 3.8) is 0 Å². The zero-order valence-electron chi connectivity index (χ0n) is 8.20. The predicted octanol–water partition coefficient (Wildman–Crippen LogP) is 0.512. The maximum Gasteiger partial charge on any atom is 0.117 e. The second kappa shape index (κ2) is 3.43. The third-order valence-electron chi connectivity index (χ3n) is 2.62. The summed E-state index contributed by atoms with van der Waals surface area (Å²) in [7, 11) is 0. The van der Waals surface area contributed by atoms with Crippen molar-refractivity contribution in [3.05, 3.63) is 29.6 Å². The van der Waals surface area contributed by atoms with E-state index in [1.165, 1.54) is 11.3 Å². The highest BCUT2D eigenvalue weighted by molar-refractivity contribution is 5.59. The van der Waals surface area contributed by atoms with E-state index in [-0.39, 0.29) is 0 Å². The molecule has 0 unspecified atom stereocenters. The number of nitrogens with one attached hydrogen (secondary N) is 2. The summed E-state index contributed by atoms with van der Waals surface area (Å²) in [5, 5.41) is 18.6. The van der Waals surface area contributed by atoms with Crippen molar-refractivity contribution in [1.29, 1.82) is 0 Å². The van der Waals surface area contributed by atoms with Gasteiger partial charge in [0.15, 0.2) is 0 Å². The molecule has 15 heavy (non-hydrogen) atoms. The Balaban J connectivity index is 2.09. The third kappa shape index (κ3) is 1.41. The molecular formula is C10H11N5. The van der Waals surface area contributed by atoms with Gasteiger partial charge in [-0.1, -0.05) is 0 Å². The lowest BCUT2D eigenvalue weighted by atomic mass is 10.1. The van der Waals surface area contributed by atoms with Gasteiger partial charge in [0, 0.05) is 37.0 Å². The number of fused-ring (bicyclic) bond motifs is 1. The summed E-state index contributed by atoms with van der Waals surface area (Å²) in [6.45, 7) is 1.87. The molecule has 0 aliphatic carbocycles. The molecule has 0 amide bonds. The molecule has 2 N–H and O–H groups in total. The van der Waals surface area contributed by atoms with E-state index in [1.54, 1.807) is 6.20 Å². The van der Waals surface area contributed by atoms with Crippen LogP contribution in [0.3, 0.4) is 0 Å². The first-order chi connectivity index (χ1) is 7.45. The topological polar surface area (TPSA) is 66.5 Å². The monoisotopic (exact) mass is 201 g/mol. The quantitative estimate of drug-likeness (QED) is 0.705. The number of rotatable bonds is 1. The molecule has 5 heteroatoms. The van der Waals surface area contributed by atoms with E-state index < -0.39 is 0 Å². The van der Waals surface area contributed by atoms with Crippen LogP contribution in [0.15, 0.2) is 18.3 Å². The van der Waals surface area contributed by atoms with Crippen LogP contribution in [0.5, 0.6) is 0 Å². The van der Waals surface area contributed by atoms with Gasteiger partial charge in [-0.3, -0.25) is 5.10 Å². The molecule has 5 nitrogen and oxygen atoms in total. The molecule has 76 valence electrons. The van der Waals surface area contributed by atoms with Gasteiger partial charge in [-0.2, -0.15) is 10.2 Å². The molecule has 3 rings (SSSR count). The van der Waals surface area contributed by atoms with Crippen molar-refractivity contribution < 1.29 is 0 Å². The minimum Gasteiger partial charge on any atom is -0.312 e. The van der Waals surface area contributed by atoms with Crippen LogP contribution in [0, 0.1) is 0 Å². The Labute approximate surface area is 86.9 Å². The van der Waals surface area contributed by atoms with Gasteiger partial charge >= 0.3 is 0 Å². The van der Waals surface area contributed by atoms with Crippen LogP contribution in [-0.4, -0.2) is 26.9 Å². The Kier molecular flexibility index (Phi) is 1.96. The van der Waals surface area contributed by atoms with Gasteiger partial charge in [-0.15, -0.1) is 5.10 Å². The summed E-state index contributed by atoms with van der Waals surface area (Å²) in [5.41, 5.74) is 4.19. The molecule has 0 fully saturated rings. The van der Waals surface area contributed by atoms with Crippen molar-refractivity contribution in [2.75, 3.05) is 6.54 Å². The van der Waals surface area contributed by atoms with Crippen LogP contribution >= 0.6 is 0 Å². The largest absolute Gasteiger partial charge is 0.312 e. The van der Waals surface area contributed by atoms with E-state index in [0.29, 0.717) is 0 Å². The smallest absolute Gasteiger partial charge is 0.117 e. The van der Waals surface area contributed by atoms with E-state index >= 15 is 0 Å². The zero-order chi connectivity index (χ0) is 10.1. The van der Waals surface area contributed by atoms with Crippen molar-refractivity contribution in [1.82, 2.24) is 25.7 Å². The first-order valence-electron chi connectivity index (χ1n) is 5.00. The molecule has 0 aromatic carbocycles. The fourth-order valence-electron chi connectivity index (χ4n) is 1.86. The standard InChI is InChI=1S/C10H11N5/c1-2-9(13-12-4-1)10-7-6-11-5-3-8(7)14-15-10/h1-2,4,11H,3,5-6H2,(H,14,15). The van der Waals surface area contributed by atoms with Crippen LogP contribution in [0.25, 0.3) is 11.4 Å². The Hall–Kier alpha value is -1.75. The maximum absolute atomic E-state index is 4.30. The van der Waals surface area contributed by atoms with Crippen molar-refractivity contribution >= 4 is 0 Å². The summed E-state index contributed by atoms with van der Waals surface area (Å²) in [4.78, 5) is 0. The molecule has 0 radical (unpaired) electrons. The molecule has 2 aromatic heterocycles. The maximum atomic E-state index is 4.30. The van der Waals surface area contributed by atoms with E-state index in [2.05, 4.69) is 25.7 Å². The fourth-order valence-corrected chi connectivity index (χ4v) is 1.86. The second-order valence-corrected chi connectivity index (χ2v) is 3.56. The highest BCUT2D eigenvalue weighted by atomic mass is 15.2. The number of hydrogen-bond acceptors (Lipinski definition) is 4. The van der Waals surface area contributed by atoms with Crippen LogP contribution in [0.4, 0.5) is 0 Å². The van der Waals surface area contributed by atoms with Gasteiger partial charge < -0.3 is 5.32 Å². The Morgan fingerprint density at radius 3 is 3.20 bits per heavy atom. The lowest BCUT2D eigenvalue weighted by Crippen LogP contribution is -2.23. The molecule has 0 atom stereocenters. The summed E-state index contributed by atoms with van der Waals surface area (Å²) < 4.78 is 0. The van der Waals surface area contributed by atoms with Gasteiger partial charge in [0.25, 0.3) is 0 Å². The number of H-pyrrole nitrogens is 1. The van der Waals surface area contributed by atoms with Crippen molar-refractivity contribution in [2.45, 2.75) is 13.0 Å². The number of aromatic amines is 1. The molecule has 1 aliphatic heterocycles. The highest BCUT2D eigenvalue weighted by Crippen LogP contribution is 2.23. The number of nitrogens with zero attached hydrogens (tertiary/aromatic N) is 3. The molecule has 0 saturated heterocycles. The Morgan fingerprint density at radius 2 is 2.33 bits per heavy atom.